The summed E-state index contributed by atoms with van der Waals surface area (Å²) in [6, 6.07) is 24.0. The van der Waals surface area contributed by atoms with Gasteiger partial charge in [0.2, 0.25) is 17.7 Å². The fourth-order valence-corrected chi connectivity index (χ4v) is 9.89. The number of nitrogens with zero attached hydrogens (tertiary/aromatic N) is 8. The van der Waals surface area contributed by atoms with Gasteiger partial charge in [-0.25, -0.2) is 14.3 Å². The maximum absolute atomic E-state index is 13.5. The number of aromatic nitrogens is 3. The van der Waals surface area contributed by atoms with Crippen LogP contribution in [0, 0.1) is 11.5 Å². The number of piperidine rings is 2. The number of benzene rings is 2. The third kappa shape index (κ3) is 8.73. The number of nitriles is 1. The fraction of sp³-hybridized carbons (Fsp3) is 0.396. The molecular formula is C48H50N10O6. The summed E-state index contributed by atoms with van der Waals surface area (Å²) in [5.74, 6) is 0.180. The van der Waals surface area contributed by atoms with E-state index in [9.17, 15) is 19.2 Å². The zero-order valence-corrected chi connectivity index (χ0v) is 35.5. The molecule has 2 aromatic carbocycles. The second kappa shape index (κ2) is 17.7. The van der Waals surface area contributed by atoms with Crippen LogP contribution in [0.1, 0.15) is 60.5 Å². The summed E-state index contributed by atoms with van der Waals surface area (Å²) in [6.07, 6.45) is 10.6. The molecule has 10 rings (SSSR count). The molecule has 5 aromatic rings. The predicted molar refractivity (Wildman–Crippen MR) is 238 cm³/mol. The zero-order valence-electron chi connectivity index (χ0n) is 35.5. The Labute approximate surface area is 370 Å². The van der Waals surface area contributed by atoms with E-state index < -0.39 is 12.0 Å². The Balaban J connectivity index is 0.744. The largest absolute Gasteiger partial charge is 0.374 e. The summed E-state index contributed by atoms with van der Waals surface area (Å²) in [6.45, 7) is 6.60. The van der Waals surface area contributed by atoms with Gasteiger partial charge < -0.3 is 29.5 Å². The Morgan fingerprint density at radius 1 is 0.828 bits per heavy atom. The SMILES string of the molecule is N#COC(=O)c1cc2c(-c3ccc(N4CC5CCC(C4)O5)nc3)cc(-c3ccc(N4CCN(C(=O)CN5CCC(c6ccc(NC7CCC(=O)NC7=O)cc6)CC5)CC4)cc3)cn2n1. The number of morpholine rings is 1. The molecule has 3 atom stereocenters. The lowest BCUT2D eigenvalue weighted by Gasteiger charge is -2.38. The molecule has 3 amide bonds. The van der Waals surface area contributed by atoms with Crippen molar-refractivity contribution in [2.45, 2.75) is 62.7 Å². The lowest BCUT2D eigenvalue weighted by Crippen LogP contribution is -2.51. The van der Waals surface area contributed by atoms with Crippen LogP contribution in [-0.2, 0) is 23.9 Å². The molecule has 328 valence electrons. The summed E-state index contributed by atoms with van der Waals surface area (Å²) < 4.78 is 12.3. The highest BCUT2D eigenvalue weighted by atomic mass is 16.5. The first-order valence-corrected chi connectivity index (χ1v) is 22.3. The van der Waals surface area contributed by atoms with Crippen LogP contribution in [0.2, 0.25) is 0 Å². The minimum atomic E-state index is -0.816. The molecule has 0 aliphatic carbocycles. The molecule has 3 aromatic heterocycles. The van der Waals surface area contributed by atoms with Crippen molar-refractivity contribution in [3.8, 4) is 28.5 Å². The summed E-state index contributed by atoms with van der Waals surface area (Å²) in [7, 11) is 0. The smallest absolute Gasteiger partial charge is 0.374 e. The first-order valence-electron chi connectivity index (χ1n) is 22.3. The number of esters is 1. The van der Waals surface area contributed by atoms with Crippen molar-refractivity contribution in [1.29, 1.82) is 5.26 Å². The van der Waals surface area contributed by atoms with Gasteiger partial charge in [-0.1, -0.05) is 24.3 Å². The molecule has 5 fully saturated rings. The van der Waals surface area contributed by atoms with Gasteiger partial charge in [-0.2, -0.15) is 5.10 Å². The van der Waals surface area contributed by atoms with Gasteiger partial charge in [-0.05, 0) is 111 Å². The molecule has 64 heavy (non-hydrogen) atoms. The molecule has 5 saturated heterocycles. The van der Waals surface area contributed by atoms with Crippen molar-refractivity contribution in [3.05, 3.63) is 96.4 Å². The van der Waals surface area contributed by atoms with Crippen LogP contribution in [0.25, 0.3) is 27.8 Å². The lowest BCUT2D eigenvalue weighted by atomic mass is 9.89. The molecule has 0 radical (unpaired) electrons. The van der Waals surface area contributed by atoms with E-state index in [1.807, 2.05) is 41.6 Å². The highest BCUT2D eigenvalue weighted by Gasteiger charge is 2.34. The maximum Gasteiger partial charge on any atom is 0.374 e. The van der Waals surface area contributed by atoms with E-state index in [1.165, 1.54) is 11.8 Å². The van der Waals surface area contributed by atoms with Crippen LogP contribution >= 0.6 is 0 Å². The number of piperazine rings is 1. The Morgan fingerprint density at radius 3 is 2.25 bits per heavy atom. The second-order valence-corrected chi connectivity index (χ2v) is 17.5. The number of likely N-dealkylation sites (tertiary alicyclic amines) is 1. The van der Waals surface area contributed by atoms with E-state index >= 15 is 0 Å². The van der Waals surface area contributed by atoms with E-state index in [1.54, 1.807) is 10.6 Å². The quantitative estimate of drug-likeness (QED) is 0.111. The molecule has 16 nitrogen and oxygen atoms in total. The normalized spacial score (nSPS) is 21.7. The first kappa shape index (κ1) is 41.2. The summed E-state index contributed by atoms with van der Waals surface area (Å²) in [5, 5.41) is 19.1. The maximum atomic E-state index is 13.5. The van der Waals surface area contributed by atoms with Crippen LogP contribution in [0.4, 0.5) is 17.2 Å². The highest BCUT2D eigenvalue weighted by molar-refractivity contribution is 6.01. The van der Waals surface area contributed by atoms with Gasteiger partial charge in [0.15, 0.2) is 5.69 Å². The van der Waals surface area contributed by atoms with Gasteiger partial charge >= 0.3 is 5.97 Å². The molecule has 3 unspecified atom stereocenters. The van der Waals surface area contributed by atoms with Crippen molar-refractivity contribution in [3.63, 3.8) is 0 Å². The number of hydrogen-bond acceptors (Lipinski definition) is 13. The van der Waals surface area contributed by atoms with Crippen molar-refractivity contribution < 1.29 is 28.7 Å². The Bertz CT molecular complexity index is 2580. The topological polar surface area (TPSA) is 178 Å². The molecule has 16 heteroatoms. The van der Waals surface area contributed by atoms with Crippen molar-refractivity contribution in [2.24, 2.45) is 0 Å². The van der Waals surface area contributed by atoms with E-state index in [4.69, 9.17) is 15.0 Å². The highest BCUT2D eigenvalue weighted by Crippen LogP contribution is 2.35. The fourth-order valence-electron chi connectivity index (χ4n) is 9.89. The van der Waals surface area contributed by atoms with Gasteiger partial charge in [-0.3, -0.25) is 24.6 Å². The van der Waals surface area contributed by atoms with Crippen molar-refractivity contribution >= 4 is 46.4 Å². The average molecular weight is 863 g/mol. The van der Waals surface area contributed by atoms with Gasteiger partial charge in [0, 0.05) is 86.1 Å². The number of nitrogens with one attached hydrogen (secondary N) is 2. The number of anilines is 3. The monoisotopic (exact) mass is 862 g/mol. The predicted octanol–water partition coefficient (Wildman–Crippen LogP) is 4.81. The van der Waals surface area contributed by atoms with Crippen molar-refractivity contribution in [2.75, 3.05) is 74.0 Å². The van der Waals surface area contributed by atoms with Gasteiger partial charge in [0.1, 0.15) is 11.9 Å². The number of hydrogen-bond donors (Lipinski definition) is 2. The minimum Gasteiger partial charge on any atom is -0.374 e. The van der Waals surface area contributed by atoms with E-state index in [0.29, 0.717) is 43.9 Å². The van der Waals surface area contributed by atoms with Crippen LogP contribution in [0.5, 0.6) is 0 Å². The van der Waals surface area contributed by atoms with E-state index in [0.717, 1.165) is 104 Å². The molecule has 5 aliphatic rings. The Hall–Kier alpha value is -6.83. The number of imide groups is 1. The molecule has 2 bridgehead atoms. The van der Waals surface area contributed by atoms with E-state index in [-0.39, 0.29) is 35.6 Å². The number of ether oxygens (including phenoxy) is 2. The molecule has 0 saturated carbocycles. The van der Waals surface area contributed by atoms with Crippen LogP contribution < -0.4 is 20.4 Å². The number of fused-ring (bicyclic) bond motifs is 3. The number of rotatable bonds is 10. The lowest BCUT2D eigenvalue weighted by molar-refractivity contribution is -0.134. The molecule has 2 N–H and O–H groups in total. The Kier molecular flexibility index (Phi) is 11.4. The minimum absolute atomic E-state index is 0.0353. The summed E-state index contributed by atoms with van der Waals surface area (Å²) in [4.78, 5) is 63.4. The van der Waals surface area contributed by atoms with Gasteiger partial charge in [0.25, 0.3) is 6.26 Å². The number of carbonyl (C=O) groups excluding carboxylic acids is 4. The van der Waals surface area contributed by atoms with Gasteiger partial charge in [0.05, 0.1) is 24.3 Å². The van der Waals surface area contributed by atoms with Crippen LogP contribution in [-0.4, -0.2) is 125 Å². The summed E-state index contributed by atoms with van der Waals surface area (Å²) in [5.41, 5.74) is 7.49. The average Bonchev–Trinajstić information content (AvgIpc) is 3.92. The number of carbonyl (C=O) groups is 4. The second-order valence-electron chi connectivity index (χ2n) is 17.5. The zero-order chi connectivity index (χ0) is 43.7. The molecular weight excluding hydrogens is 813 g/mol. The molecule has 5 aliphatic heterocycles. The third-order valence-corrected chi connectivity index (χ3v) is 13.5. The standard InChI is InChI=1S/C48H50N10O6/c49-30-63-48(62)42-24-43-40(34-5-13-44(50-25-34)57-27-38-10-11-39(28-57)64-38)23-35(26-58(43)53-42)32-3-8-37(9-4-32)55-19-21-56(22-20-55)46(60)29-54-17-15-33(16-18-54)31-1-6-36(7-2-31)51-41-12-14-45(59)52-47(41)61/h1-9,13,23-26,33,38-39,41,51H,10-12,14-22,27-29H2,(H,52,59,61). The Morgan fingerprint density at radius 2 is 1.56 bits per heavy atom. The number of pyridine rings is 2. The molecule has 8 heterocycles. The van der Waals surface area contributed by atoms with E-state index in [2.05, 4.69) is 77.6 Å². The molecule has 0 spiro atoms. The number of amides is 3. The third-order valence-electron chi connectivity index (χ3n) is 13.5. The van der Waals surface area contributed by atoms with Crippen LogP contribution in [0.15, 0.2) is 85.2 Å². The van der Waals surface area contributed by atoms with Gasteiger partial charge in [-0.15, -0.1) is 5.26 Å². The van der Waals surface area contributed by atoms with Crippen LogP contribution in [0.3, 0.4) is 0 Å². The summed E-state index contributed by atoms with van der Waals surface area (Å²) >= 11 is 0. The van der Waals surface area contributed by atoms with Crippen molar-refractivity contribution in [1.82, 2.24) is 29.7 Å². The first-order chi connectivity index (χ1) is 31.2.